The average Bonchev–Trinajstić information content (AvgIpc) is 3.15. The van der Waals surface area contributed by atoms with E-state index >= 15 is 0 Å². The number of nitrogens with two attached hydrogens (primary N) is 1. The molecule has 0 aliphatic rings. The molecule has 0 spiro atoms. The lowest BCUT2D eigenvalue weighted by atomic mass is 10.0. The molecule has 0 aliphatic carbocycles. The standard InChI is InChI=1S/C18H16BrN5O5S/c1-10-9-11(15-22-16(28-23-15)13-5-3-4-6-14(13)19)7-8-12(10)17(25)24(18(20)21)29-30(2,26)27/h3-9H,1-2H3,(H3,20,21). The van der Waals surface area contributed by atoms with Crippen LogP contribution in [0.5, 0.6) is 0 Å². The first kappa shape index (κ1) is 21.6. The SMILES string of the molecule is Cc1cc(-c2noc(-c3ccccc3Br)n2)ccc1C(=O)N(OS(C)(=O)=O)C(=N)N. The molecule has 30 heavy (non-hydrogen) atoms. The summed E-state index contributed by atoms with van der Waals surface area (Å²) in [5.74, 6) is -1.15. The normalized spacial score (nSPS) is 11.3. The van der Waals surface area contributed by atoms with E-state index in [9.17, 15) is 13.2 Å². The van der Waals surface area contributed by atoms with Gasteiger partial charge >= 0.3 is 0 Å². The van der Waals surface area contributed by atoms with Gasteiger partial charge in [0.25, 0.3) is 21.9 Å². The lowest BCUT2D eigenvalue weighted by Crippen LogP contribution is -2.42. The largest absolute Gasteiger partial charge is 0.368 e. The van der Waals surface area contributed by atoms with Crippen molar-refractivity contribution in [2.45, 2.75) is 6.92 Å². The van der Waals surface area contributed by atoms with Crippen LogP contribution in [0.25, 0.3) is 22.8 Å². The van der Waals surface area contributed by atoms with Crippen molar-refractivity contribution >= 4 is 37.9 Å². The van der Waals surface area contributed by atoms with Gasteiger partial charge in [-0.2, -0.15) is 13.4 Å². The molecule has 0 unspecified atom stereocenters. The number of hydroxylamine groups is 2. The Kier molecular flexibility index (Phi) is 6.01. The highest BCUT2D eigenvalue weighted by atomic mass is 79.9. The summed E-state index contributed by atoms with van der Waals surface area (Å²) >= 11 is 3.43. The van der Waals surface area contributed by atoms with Crippen LogP contribution < -0.4 is 5.73 Å². The van der Waals surface area contributed by atoms with Gasteiger partial charge in [0, 0.05) is 15.6 Å². The van der Waals surface area contributed by atoms with E-state index in [1.807, 2.05) is 24.3 Å². The molecule has 0 aliphatic heterocycles. The molecular weight excluding hydrogens is 478 g/mol. The van der Waals surface area contributed by atoms with Crippen LogP contribution in [0.3, 0.4) is 0 Å². The van der Waals surface area contributed by atoms with Crippen LogP contribution in [0.2, 0.25) is 0 Å². The Hall–Kier alpha value is -3.09. The molecule has 0 saturated heterocycles. The Morgan fingerprint density at radius 2 is 1.97 bits per heavy atom. The molecule has 3 N–H and O–H groups in total. The quantitative estimate of drug-likeness (QED) is 0.312. The van der Waals surface area contributed by atoms with Crippen LogP contribution in [0.1, 0.15) is 15.9 Å². The fraction of sp³-hybridized carbons (Fsp3) is 0.111. The molecule has 1 heterocycles. The summed E-state index contributed by atoms with van der Waals surface area (Å²) in [4.78, 5) is 17.0. The van der Waals surface area contributed by atoms with Gasteiger partial charge in [0.15, 0.2) is 0 Å². The fourth-order valence-corrected chi connectivity index (χ4v) is 3.43. The lowest BCUT2D eigenvalue weighted by molar-refractivity contribution is 0.0200. The van der Waals surface area contributed by atoms with Gasteiger partial charge < -0.3 is 10.3 Å². The maximum absolute atomic E-state index is 12.6. The third-order valence-corrected chi connectivity index (χ3v) is 4.97. The molecule has 0 radical (unpaired) electrons. The molecule has 0 bridgehead atoms. The molecule has 2 aromatic carbocycles. The van der Waals surface area contributed by atoms with Crippen molar-refractivity contribution in [2.75, 3.05) is 6.26 Å². The zero-order valence-corrected chi connectivity index (χ0v) is 18.2. The summed E-state index contributed by atoms with van der Waals surface area (Å²) in [5.41, 5.74) is 7.15. The van der Waals surface area contributed by atoms with Crippen LogP contribution >= 0.6 is 15.9 Å². The second kappa shape index (κ2) is 8.34. The molecule has 1 aromatic heterocycles. The lowest BCUT2D eigenvalue weighted by Gasteiger charge is -2.18. The predicted molar refractivity (Wildman–Crippen MR) is 112 cm³/mol. The van der Waals surface area contributed by atoms with Crippen molar-refractivity contribution in [3.63, 3.8) is 0 Å². The van der Waals surface area contributed by atoms with Gasteiger partial charge in [-0.25, -0.2) is 0 Å². The highest BCUT2D eigenvalue weighted by molar-refractivity contribution is 9.10. The number of halogens is 1. The van der Waals surface area contributed by atoms with Crippen LogP contribution in [0, 0.1) is 12.3 Å². The Bertz CT molecular complexity index is 1240. The second-order valence-electron chi connectivity index (χ2n) is 6.20. The smallest absolute Gasteiger partial charge is 0.286 e. The zero-order valence-electron chi connectivity index (χ0n) is 15.8. The van der Waals surface area contributed by atoms with Gasteiger partial charge in [-0.05, 0) is 52.7 Å². The van der Waals surface area contributed by atoms with Crippen LogP contribution in [-0.4, -0.2) is 41.7 Å². The van der Waals surface area contributed by atoms with E-state index in [4.69, 9.17) is 15.7 Å². The highest BCUT2D eigenvalue weighted by Crippen LogP contribution is 2.29. The van der Waals surface area contributed by atoms with Crippen molar-refractivity contribution in [3.8, 4) is 22.8 Å². The first-order chi connectivity index (χ1) is 14.1. The van der Waals surface area contributed by atoms with Crippen molar-refractivity contribution in [1.29, 1.82) is 5.41 Å². The average molecular weight is 494 g/mol. The zero-order chi connectivity index (χ0) is 22.1. The molecule has 3 aromatic rings. The third kappa shape index (κ3) is 4.72. The summed E-state index contributed by atoms with van der Waals surface area (Å²) in [6.07, 6.45) is 0.741. The maximum Gasteiger partial charge on any atom is 0.286 e. The van der Waals surface area contributed by atoms with E-state index in [1.54, 1.807) is 19.1 Å². The second-order valence-corrected chi connectivity index (χ2v) is 8.61. The number of hydrogen-bond donors (Lipinski definition) is 2. The monoisotopic (exact) mass is 493 g/mol. The Balaban J connectivity index is 1.91. The minimum absolute atomic E-state index is 0.0899. The van der Waals surface area contributed by atoms with E-state index in [1.165, 1.54) is 6.07 Å². The number of carbonyl (C=O) groups is 1. The first-order valence-corrected chi connectivity index (χ1v) is 11.0. The summed E-state index contributed by atoms with van der Waals surface area (Å²) in [7, 11) is -4.06. The van der Waals surface area contributed by atoms with Crippen molar-refractivity contribution in [1.82, 2.24) is 15.2 Å². The van der Waals surface area contributed by atoms with Crippen LogP contribution in [0.15, 0.2) is 51.5 Å². The van der Waals surface area contributed by atoms with E-state index in [2.05, 4.69) is 30.4 Å². The number of guanidine groups is 1. The number of amides is 1. The number of aromatic nitrogens is 2. The number of benzene rings is 2. The van der Waals surface area contributed by atoms with Gasteiger partial charge in [0.2, 0.25) is 11.8 Å². The number of nitrogens with one attached hydrogen (secondary N) is 1. The Labute approximate surface area is 180 Å². The number of hydrogen-bond acceptors (Lipinski definition) is 8. The molecule has 1 amide bonds. The predicted octanol–water partition coefficient (Wildman–Crippen LogP) is 2.70. The van der Waals surface area contributed by atoms with Crippen LogP contribution in [-0.2, 0) is 14.4 Å². The summed E-state index contributed by atoms with van der Waals surface area (Å²) in [6.45, 7) is 1.63. The van der Waals surface area contributed by atoms with Gasteiger partial charge in [-0.3, -0.25) is 10.2 Å². The van der Waals surface area contributed by atoms with E-state index in [0.717, 1.165) is 16.3 Å². The first-order valence-electron chi connectivity index (χ1n) is 8.34. The molecule has 0 fully saturated rings. The molecule has 3 rings (SSSR count). The van der Waals surface area contributed by atoms with E-state index < -0.39 is 22.0 Å². The number of aryl methyl sites for hydroxylation is 1. The molecule has 12 heteroatoms. The van der Waals surface area contributed by atoms with Gasteiger partial charge in [-0.15, -0.1) is 9.35 Å². The maximum atomic E-state index is 12.6. The topological polar surface area (TPSA) is 152 Å². The molecule has 0 saturated carbocycles. The summed E-state index contributed by atoms with van der Waals surface area (Å²) in [5, 5.41) is 11.6. The summed E-state index contributed by atoms with van der Waals surface area (Å²) in [6, 6.07) is 12.0. The summed E-state index contributed by atoms with van der Waals surface area (Å²) < 4.78 is 33.3. The molecule has 156 valence electrons. The Morgan fingerprint density at radius 3 is 2.57 bits per heavy atom. The minimum Gasteiger partial charge on any atom is -0.368 e. The van der Waals surface area contributed by atoms with Gasteiger partial charge in [-0.1, -0.05) is 23.4 Å². The van der Waals surface area contributed by atoms with Gasteiger partial charge in [0.05, 0.1) is 11.8 Å². The fourth-order valence-electron chi connectivity index (χ4n) is 2.56. The van der Waals surface area contributed by atoms with Crippen molar-refractivity contribution < 1.29 is 22.0 Å². The highest BCUT2D eigenvalue weighted by Gasteiger charge is 2.26. The molecular formula is C18H16BrN5O5S. The van der Waals surface area contributed by atoms with Gasteiger partial charge in [0.1, 0.15) is 0 Å². The third-order valence-electron chi connectivity index (χ3n) is 3.86. The van der Waals surface area contributed by atoms with Crippen molar-refractivity contribution in [3.05, 3.63) is 58.1 Å². The van der Waals surface area contributed by atoms with Crippen LogP contribution in [0.4, 0.5) is 0 Å². The Morgan fingerprint density at radius 1 is 1.27 bits per heavy atom. The number of rotatable bonds is 5. The van der Waals surface area contributed by atoms with E-state index in [-0.39, 0.29) is 10.6 Å². The number of carbonyl (C=O) groups excluding carboxylic acids is 1. The molecule has 10 nitrogen and oxygen atoms in total. The van der Waals surface area contributed by atoms with Crippen molar-refractivity contribution in [2.24, 2.45) is 5.73 Å². The number of nitrogens with zero attached hydrogens (tertiary/aromatic N) is 3. The molecule has 0 atom stereocenters. The van der Waals surface area contributed by atoms with E-state index in [0.29, 0.717) is 22.8 Å². The minimum atomic E-state index is -4.06.